The molecule has 57 heavy (non-hydrogen) atoms. The van der Waals surface area contributed by atoms with Gasteiger partial charge in [-0.15, -0.1) is 0 Å². The maximum atomic E-state index is 14.0. The minimum absolute atomic E-state index is 0.0800. The number of halogens is 17. The van der Waals surface area contributed by atoms with Crippen molar-refractivity contribution in [2.24, 2.45) is 5.73 Å². The topological polar surface area (TPSA) is 78.6 Å². The maximum Gasteiger partial charge on any atom is 0.460 e. The number of alkyl halides is 17. The van der Waals surface area contributed by atoms with Crippen LogP contribution in [-0.4, -0.2) is 78.8 Å². The zero-order valence-electron chi connectivity index (χ0n) is 31.5. The second-order valence-electron chi connectivity index (χ2n) is 13.9. The molecule has 0 saturated heterocycles. The summed E-state index contributed by atoms with van der Waals surface area (Å²) in [4.78, 5) is 23.8. The van der Waals surface area contributed by atoms with Crippen LogP contribution in [0.3, 0.4) is 0 Å². The SMILES string of the molecule is CCCCCCCCCCCCCCCCOC(=O)CCCCCCC(N)C(=O)OCCC(F)(F)C(F)(F)C(F)(F)C(F)(F)C(F)(F)C(F)(F)C(F)(F)C(F)(F)F. The van der Waals surface area contributed by atoms with Gasteiger partial charge in [-0.3, -0.25) is 9.59 Å². The third-order valence-corrected chi connectivity index (χ3v) is 9.16. The van der Waals surface area contributed by atoms with E-state index < -0.39 is 78.6 Å². The average molecular weight is 874 g/mol. The standard InChI is InChI=1S/C35H52F17NO4/c1-2-3-4-5-6-7-8-9-10-11-12-13-16-19-23-56-26(54)21-18-15-14-17-20-25(53)27(55)57-24-22-28(36,37)29(38,39)30(40,41)31(42,43)32(44,45)33(46,47)34(48,49)35(50,51)52/h25H,2-24,53H2,1H3. The van der Waals surface area contributed by atoms with E-state index >= 15 is 0 Å². The molecule has 0 saturated carbocycles. The van der Waals surface area contributed by atoms with Gasteiger partial charge in [0.15, 0.2) is 0 Å². The predicted molar refractivity (Wildman–Crippen MR) is 173 cm³/mol. The molecule has 0 aromatic carbocycles. The highest BCUT2D eigenvalue weighted by Crippen LogP contribution is 2.64. The molecule has 0 fully saturated rings. The van der Waals surface area contributed by atoms with Crippen molar-refractivity contribution in [3.63, 3.8) is 0 Å². The molecule has 5 nitrogen and oxygen atoms in total. The van der Waals surface area contributed by atoms with Gasteiger partial charge in [-0.25, -0.2) is 0 Å². The van der Waals surface area contributed by atoms with Crippen LogP contribution in [0.25, 0.3) is 0 Å². The van der Waals surface area contributed by atoms with E-state index in [2.05, 4.69) is 11.7 Å². The Balaban J connectivity index is 4.53. The molecule has 0 aliphatic heterocycles. The minimum Gasteiger partial charge on any atom is -0.466 e. The van der Waals surface area contributed by atoms with Crippen LogP contribution < -0.4 is 5.73 Å². The van der Waals surface area contributed by atoms with Gasteiger partial charge in [0.1, 0.15) is 6.04 Å². The van der Waals surface area contributed by atoms with E-state index in [1.165, 1.54) is 64.2 Å². The van der Waals surface area contributed by atoms with Gasteiger partial charge in [-0.05, 0) is 19.3 Å². The number of nitrogens with two attached hydrogens (primary N) is 1. The smallest absolute Gasteiger partial charge is 0.460 e. The monoisotopic (exact) mass is 873 g/mol. The van der Waals surface area contributed by atoms with Crippen LogP contribution in [0.5, 0.6) is 0 Å². The number of unbranched alkanes of at least 4 members (excludes halogenated alkanes) is 16. The molecule has 0 rings (SSSR count). The van der Waals surface area contributed by atoms with Gasteiger partial charge >= 0.3 is 59.6 Å². The number of carbonyl (C=O) groups excluding carboxylic acids is 2. The van der Waals surface area contributed by atoms with Gasteiger partial charge in [-0.2, -0.15) is 74.6 Å². The molecule has 0 radical (unpaired) electrons. The Morgan fingerprint density at radius 3 is 1.26 bits per heavy atom. The van der Waals surface area contributed by atoms with Crippen LogP contribution in [0.1, 0.15) is 142 Å². The maximum absolute atomic E-state index is 14.0. The van der Waals surface area contributed by atoms with Gasteiger partial charge in [0.05, 0.1) is 19.6 Å². The normalized spacial score (nSPS) is 14.5. The van der Waals surface area contributed by atoms with Crippen LogP contribution in [0.4, 0.5) is 74.6 Å². The van der Waals surface area contributed by atoms with E-state index in [4.69, 9.17) is 10.5 Å². The first kappa shape index (κ1) is 54.7. The van der Waals surface area contributed by atoms with Crippen molar-refractivity contribution < 1.29 is 93.7 Å². The molecule has 1 atom stereocenters. The Morgan fingerprint density at radius 1 is 0.456 bits per heavy atom. The zero-order valence-corrected chi connectivity index (χ0v) is 31.5. The highest BCUT2D eigenvalue weighted by molar-refractivity contribution is 5.75. The molecule has 340 valence electrons. The molecule has 0 aliphatic carbocycles. The molecule has 1 unspecified atom stereocenters. The molecule has 0 bridgehead atoms. The van der Waals surface area contributed by atoms with E-state index in [0.717, 1.165) is 25.7 Å². The van der Waals surface area contributed by atoms with Crippen molar-refractivity contribution in [2.75, 3.05) is 13.2 Å². The average Bonchev–Trinajstić information content (AvgIpc) is 3.10. The first-order valence-electron chi connectivity index (χ1n) is 18.8. The molecule has 0 aromatic heterocycles. The van der Waals surface area contributed by atoms with Gasteiger partial charge in [-0.1, -0.05) is 110 Å². The number of esters is 2. The fraction of sp³-hybridized carbons (Fsp3) is 0.943. The summed E-state index contributed by atoms with van der Waals surface area (Å²) in [6.07, 6.45) is 6.80. The highest BCUT2D eigenvalue weighted by atomic mass is 19.4. The predicted octanol–water partition coefficient (Wildman–Crippen LogP) is 12.6. The van der Waals surface area contributed by atoms with Crippen molar-refractivity contribution in [2.45, 2.75) is 195 Å². The van der Waals surface area contributed by atoms with Gasteiger partial charge < -0.3 is 15.2 Å². The third kappa shape index (κ3) is 15.0. The number of hydrogen-bond acceptors (Lipinski definition) is 5. The summed E-state index contributed by atoms with van der Waals surface area (Å²) in [5, 5.41) is 0. The molecule has 0 aliphatic rings. The lowest BCUT2D eigenvalue weighted by atomic mass is 9.88. The van der Waals surface area contributed by atoms with Crippen LogP contribution >= 0.6 is 0 Å². The van der Waals surface area contributed by atoms with Crippen molar-refractivity contribution in [3.05, 3.63) is 0 Å². The first-order chi connectivity index (χ1) is 26.0. The van der Waals surface area contributed by atoms with Gasteiger partial charge in [0, 0.05) is 6.42 Å². The number of carbonyl (C=O) groups is 2. The van der Waals surface area contributed by atoms with Crippen molar-refractivity contribution in [3.8, 4) is 0 Å². The lowest BCUT2D eigenvalue weighted by Crippen LogP contribution is -2.74. The summed E-state index contributed by atoms with van der Waals surface area (Å²) < 4.78 is 237. The molecule has 22 heteroatoms. The first-order valence-corrected chi connectivity index (χ1v) is 18.8. The van der Waals surface area contributed by atoms with Crippen LogP contribution in [0.2, 0.25) is 0 Å². The summed E-state index contributed by atoms with van der Waals surface area (Å²) in [6.45, 7) is 0.418. The summed E-state index contributed by atoms with van der Waals surface area (Å²) >= 11 is 0. The number of ether oxygens (including phenoxy) is 2. The number of rotatable bonds is 32. The Hall–Kier alpha value is -2.29. The van der Waals surface area contributed by atoms with E-state index in [9.17, 15) is 84.2 Å². The zero-order chi connectivity index (χ0) is 44.4. The number of hydrogen-bond donors (Lipinski definition) is 1. The van der Waals surface area contributed by atoms with Crippen molar-refractivity contribution >= 4 is 11.9 Å². The second kappa shape index (κ2) is 23.5. The molecule has 0 amide bonds. The lowest BCUT2D eigenvalue weighted by Gasteiger charge is -2.42. The summed E-state index contributed by atoms with van der Waals surface area (Å²) in [5.74, 6) is -59.2. The molecular weight excluding hydrogens is 821 g/mol. The van der Waals surface area contributed by atoms with E-state index in [0.29, 0.717) is 19.3 Å². The summed E-state index contributed by atoms with van der Waals surface area (Å²) in [5.41, 5.74) is 5.45. The Bertz CT molecular complexity index is 1170. The van der Waals surface area contributed by atoms with E-state index in [-0.39, 0.29) is 25.9 Å². The quantitative estimate of drug-likeness (QED) is 0.0414. The summed E-state index contributed by atoms with van der Waals surface area (Å²) in [7, 11) is 0. The van der Waals surface area contributed by atoms with Crippen molar-refractivity contribution in [1.82, 2.24) is 0 Å². The lowest BCUT2D eigenvalue weighted by molar-refractivity contribution is -0.461. The van der Waals surface area contributed by atoms with Gasteiger partial charge in [0.25, 0.3) is 0 Å². The fourth-order valence-corrected chi connectivity index (χ4v) is 5.40. The molecule has 0 aromatic rings. The van der Waals surface area contributed by atoms with Crippen LogP contribution in [-0.2, 0) is 19.1 Å². The van der Waals surface area contributed by atoms with Crippen molar-refractivity contribution in [1.29, 1.82) is 0 Å². The third-order valence-electron chi connectivity index (χ3n) is 9.16. The second-order valence-corrected chi connectivity index (χ2v) is 13.9. The minimum atomic E-state index is -8.71. The van der Waals surface area contributed by atoms with E-state index in [1.807, 2.05) is 0 Å². The highest BCUT2D eigenvalue weighted by Gasteiger charge is 2.95. The van der Waals surface area contributed by atoms with Crippen LogP contribution in [0.15, 0.2) is 0 Å². The Morgan fingerprint density at radius 2 is 0.825 bits per heavy atom. The van der Waals surface area contributed by atoms with Crippen LogP contribution in [0, 0.1) is 0 Å². The fourth-order valence-electron chi connectivity index (χ4n) is 5.40. The summed E-state index contributed by atoms with van der Waals surface area (Å²) in [6, 6.07) is -1.66. The molecule has 2 N–H and O–H groups in total. The van der Waals surface area contributed by atoms with E-state index in [1.54, 1.807) is 0 Å². The molecule has 0 heterocycles. The Labute approximate surface area is 320 Å². The molecular formula is C35H52F17NO4. The largest absolute Gasteiger partial charge is 0.466 e. The molecule has 0 spiro atoms. The van der Waals surface area contributed by atoms with Gasteiger partial charge in [0.2, 0.25) is 0 Å². The Kier molecular flexibility index (Phi) is 22.5.